The van der Waals surface area contributed by atoms with Crippen LogP contribution in [-0.4, -0.2) is 43.0 Å². The maximum absolute atomic E-state index is 13.5. The van der Waals surface area contributed by atoms with Gasteiger partial charge in [0.05, 0.1) is 5.92 Å². The summed E-state index contributed by atoms with van der Waals surface area (Å²) in [5.41, 5.74) is 0.576. The molecule has 1 N–H and O–H groups in total. The smallest absolute Gasteiger partial charge is 0.253 e. The van der Waals surface area contributed by atoms with Gasteiger partial charge in [-0.25, -0.2) is 4.39 Å². The normalized spacial score (nSPS) is 20.6. The molecule has 0 saturated carbocycles. The zero-order valence-electron chi connectivity index (χ0n) is 15.9. The zero-order valence-corrected chi connectivity index (χ0v) is 16.6. The lowest BCUT2D eigenvalue weighted by atomic mass is 9.71. The third-order valence-electron chi connectivity index (χ3n) is 5.90. The SMILES string of the molecule is O=C(Nc1cccc(F)c1)[C@@H]1CN(C(=O)c2cccc(Cl)c2)CC12CCOCC2. The Morgan fingerprint density at radius 1 is 1.14 bits per heavy atom. The number of hydrogen-bond donors (Lipinski definition) is 1. The summed E-state index contributed by atoms with van der Waals surface area (Å²) in [6.45, 7) is 1.92. The van der Waals surface area contributed by atoms with Gasteiger partial charge in [-0.15, -0.1) is 0 Å². The number of amides is 2. The Morgan fingerprint density at radius 2 is 1.90 bits per heavy atom. The van der Waals surface area contributed by atoms with E-state index in [-0.39, 0.29) is 17.2 Å². The lowest BCUT2D eigenvalue weighted by Crippen LogP contribution is -2.42. The van der Waals surface area contributed by atoms with E-state index in [1.54, 1.807) is 41.3 Å². The third kappa shape index (κ3) is 4.14. The molecule has 0 unspecified atom stereocenters. The fraction of sp³-hybridized carbons (Fsp3) is 0.364. The van der Waals surface area contributed by atoms with Crippen molar-refractivity contribution in [2.75, 3.05) is 31.6 Å². The van der Waals surface area contributed by atoms with Crippen molar-refractivity contribution in [3.05, 3.63) is 64.9 Å². The number of halogens is 2. The molecule has 7 heteroatoms. The highest BCUT2D eigenvalue weighted by atomic mass is 35.5. The van der Waals surface area contributed by atoms with Crippen molar-refractivity contribution in [3.63, 3.8) is 0 Å². The molecule has 2 aliphatic heterocycles. The first-order chi connectivity index (χ1) is 14.0. The minimum absolute atomic E-state index is 0.139. The Bertz CT molecular complexity index is 930. The van der Waals surface area contributed by atoms with E-state index < -0.39 is 11.7 Å². The Kier molecular flexibility index (Phi) is 5.56. The molecule has 2 fully saturated rings. The highest BCUT2D eigenvalue weighted by molar-refractivity contribution is 6.30. The minimum Gasteiger partial charge on any atom is -0.381 e. The summed E-state index contributed by atoms with van der Waals surface area (Å²) in [4.78, 5) is 27.9. The lowest BCUT2D eigenvalue weighted by molar-refractivity contribution is -0.124. The largest absolute Gasteiger partial charge is 0.381 e. The van der Waals surface area contributed by atoms with Gasteiger partial charge in [0.2, 0.25) is 5.91 Å². The molecule has 1 spiro atoms. The Morgan fingerprint density at radius 3 is 2.62 bits per heavy atom. The van der Waals surface area contributed by atoms with Crippen molar-refractivity contribution in [2.45, 2.75) is 12.8 Å². The van der Waals surface area contributed by atoms with Gasteiger partial charge in [0.25, 0.3) is 5.91 Å². The van der Waals surface area contributed by atoms with Crippen molar-refractivity contribution < 1.29 is 18.7 Å². The summed E-state index contributed by atoms with van der Waals surface area (Å²) in [5.74, 6) is -1.14. The summed E-state index contributed by atoms with van der Waals surface area (Å²) in [7, 11) is 0. The molecule has 2 amide bonds. The molecule has 0 radical (unpaired) electrons. The van der Waals surface area contributed by atoms with Crippen LogP contribution in [0, 0.1) is 17.2 Å². The molecule has 152 valence electrons. The average Bonchev–Trinajstić information content (AvgIpc) is 3.06. The summed E-state index contributed by atoms with van der Waals surface area (Å²) >= 11 is 6.04. The monoisotopic (exact) mass is 416 g/mol. The van der Waals surface area contributed by atoms with Crippen LogP contribution >= 0.6 is 11.6 Å². The number of carbonyl (C=O) groups is 2. The molecule has 0 aliphatic carbocycles. The molecular formula is C22H22ClFN2O3. The van der Waals surface area contributed by atoms with E-state index in [2.05, 4.69) is 5.32 Å². The van der Waals surface area contributed by atoms with E-state index in [4.69, 9.17) is 16.3 Å². The fourth-order valence-corrected chi connectivity index (χ4v) is 4.56. The fourth-order valence-electron chi connectivity index (χ4n) is 4.37. The maximum atomic E-state index is 13.5. The average molecular weight is 417 g/mol. The molecule has 2 aromatic carbocycles. The summed E-state index contributed by atoms with van der Waals surface area (Å²) in [6.07, 6.45) is 1.40. The Hall–Kier alpha value is -2.44. The maximum Gasteiger partial charge on any atom is 0.253 e. The van der Waals surface area contributed by atoms with Gasteiger partial charge < -0.3 is 15.0 Å². The van der Waals surface area contributed by atoms with Crippen LogP contribution in [0.5, 0.6) is 0 Å². The lowest BCUT2D eigenvalue weighted by Gasteiger charge is -2.37. The molecule has 5 nitrogen and oxygen atoms in total. The first-order valence-corrected chi connectivity index (χ1v) is 10.0. The van der Waals surface area contributed by atoms with Crippen LogP contribution in [0.4, 0.5) is 10.1 Å². The van der Waals surface area contributed by atoms with Crippen molar-refractivity contribution in [1.82, 2.24) is 4.90 Å². The second kappa shape index (κ2) is 8.13. The predicted molar refractivity (Wildman–Crippen MR) is 108 cm³/mol. The summed E-state index contributed by atoms with van der Waals surface area (Å²) in [6, 6.07) is 12.7. The second-order valence-electron chi connectivity index (χ2n) is 7.72. The predicted octanol–water partition coefficient (Wildman–Crippen LogP) is 3.99. The third-order valence-corrected chi connectivity index (χ3v) is 6.14. The quantitative estimate of drug-likeness (QED) is 0.823. The molecule has 2 saturated heterocycles. The van der Waals surface area contributed by atoms with Crippen LogP contribution in [0.2, 0.25) is 5.02 Å². The Labute approximate surface area is 173 Å². The number of nitrogens with zero attached hydrogens (tertiary/aromatic N) is 1. The number of ether oxygens (including phenoxy) is 1. The van der Waals surface area contributed by atoms with Crippen LogP contribution in [0.1, 0.15) is 23.2 Å². The van der Waals surface area contributed by atoms with E-state index in [9.17, 15) is 14.0 Å². The van der Waals surface area contributed by atoms with Crippen molar-refractivity contribution >= 4 is 29.1 Å². The van der Waals surface area contributed by atoms with E-state index in [0.29, 0.717) is 55.4 Å². The van der Waals surface area contributed by atoms with Crippen LogP contribution in [0.25, 0.3) is 0 Å². The molecule has 0 aromatic heterocycles. The molecule has 1 atom stereocenters. The van der Waals surface area contributed by atoms with Crippen molar-refractivity contribution in [3.8, 4) is 0 Å². The topological polar surface area (TPSA) is 58.6 Å². The number of nitrogens with one attached hydrogen (secondary N) is 1. The number of rotatable bonds is 3. The molecule has 4 rings (SSSR count). The van der Waals surface area contributed by atoms with Gasteiger partial charge in [0, 0.05) is 48.0 Å². The number of benzene rings is 2. The molecule has 2 aliphatic rings. The van der Waals surface area contributed by atoms with Gasteiger partial charge in [-0.3, -0.25) is 9.59 Å². The van der Waals surface area contributed by atoms with Crippen LogP contribution in [-0.2, 0) is 9.53 Å². The van der Waals surface area contributed by atoms with Gasteiger partial charge >= 0.3 is 0 Å². The van der Waals surface area contributed by atoms with E-state index >= 15 is 0 Å². The van der Waals surface area contributed by atoms with Gasteiger partial charge in [-0.2, -0.15) is 0 Å². The molecule has 2 aromatic rings. The summed E-state index contributed by atoms with van der Waals surface area (Å²) < 4.78 is 19.0. The van der Waals surface area contributed by atoms with Gasteiger partial charge in [0.15, 0.2) is 0 Å². The summed E-state index contributed by atoms with van der Waals surface area (Å²) in [5, 5.41) is 3.32. The van der Waals surface area contributed by atoms with Crippen LogP contribution < -0.4 is 5.32 Å². The van der Waals surface area contributed by atoms with Crippen LogP contribution in [0.15, 0.2) is 48.5 Å². The van der Waals surface area contributed by atoms with Crippen molar-refractivity contribution in [2.24, 2.45) is 11.3 Å². The van der Waals surface area contributed by atoms with Crippen molar-refractivity contribution in [1.29, 1.82) is 0 Å². The van der Waals surface area contributed by atoms with Crippen LogP contribution in [0.3, 0.4) is 0 Å². The van der Waals surface area contributed by atoms with Gasteiger partial charge in [-0.1, -0.05) is 23.7 Å². The van der Waals surface area contributed by atoms with E-state index in [1.165, 1.54) is 12.1 Å². The zero-order chi connectivity index (χ0) is 20.4. The Balaban J connectivity index is 1.57. The highest BCUT2D eigenvalue weighted by Crippen LogP contribution is 2.45. The van der Waals surface area contributed by atoms with Gasteiger partial charge in [0.1, 0.15) is 5.82 Å². The second-order valence-corrected chi connectivity index (χ2v) is 8.16. The van der Waals surface area contributed by atoms with E-state index in [1.807, 2.05) is 0 Å². The number of carbonyl (C=O) groups excluding carboxylic acids is 2. The first-order valence-electron chi connectivity index (χ1n) is 9.66. The molecule has 29 heavy (non-hydrogen) atoms. The van der Waals surface area contributed by atoms with Gasteiger partial charge in [-0.05, 0) is 49.2 Å². The molecule has 0 bridgehead atoms. The molecule has 2 heterocycles. The number of anilines is 1. The standard InChI is InChI=1S/C22H22ClFN2O3/c23-16-4-1-3-15(11-16)21(28)26-13-19(22(14-26)7-9-29-10-8-22)20(27)25-18-6-2-5-17(24)12-18/h1-6,11-12,19H,7-10,13-14H2,(H,25,27)/t19-/m0/s1. The highest BCUT2D eigenvalue weighted by Gasteiger charge is 2.51. The number of hydrogen-bond acceptors (Lipinski definition) is 3. The van der Waals surface area contributed by atoms with E-state index in [0.717, 1.165) is 0 Å². The first kappa shape index (κ1) is 19.9. The number of likely N-dealkylation sites (tertiary alicyclic amines) is 1. The molecular weight excluding hydrogens is 395 g/mol. The minimum atomic E-state index is -0.409.